The maximum absolute atomic E-state index is 12.9. The fourth-order valence-corrected chi connectivity index (χ4v) is 1.97. The molecule has 0 atom stereocenters. The molecular weight excluding hydrogens is 299 g/mol. The summed E-state index contributed by atoms with van der Waals surface area (Å²) < 4.78 is 13.3. The number of carbonyl (C=O) groups excluding carboxylic acids is 1. The van der Waals surface area contributed by atoms with Crippen molar-refractivity contribution in [3.8, 4) is 0 Å². The molecule has 0 aliphatic carbocycles. The van der Waals surface area contributed by atoms with Gasteiger partial charge in [-0.3, -0.25) is 4.79 Å². The Bertz CT molecular complexity index is 584. The molecule has 0 aliphatic rings. The SMILES string of the molecule is Nc1ccc(NC(=O)c2ccc(F)cc2Br)cc1. The first kappa shape index (κ1) is 12.6. The van der Waals surface area contributed by atoms with Gasteiger partial charge in [-0.05, 0) is 58.4 Å². The summed E-state index contributed by atoms with van der Waals surface area (Å²) in [5.74, 6) is -0.711. The number of anilines is 2. The Morgan fingerprint density at radius 3 is 2.44 bits per heavy atom. The summed E-state index contributed by atoms with van der Waals surface area (Å²) in [6, 6.07) is 10.7. The molecule has 92 valence electrons. The van der Waals surface area contributed by atoms with Gasteiger partial charge in [0, 0.05) is 15.8 Å². The molecule has 0 fully saturated rings. The van der Waals surface area contributed by atoms with Gasteiger partial charge in [0.05, 0.1) is 5.56 Å². The summed E-state index contributed by atoms with van der Waals surface area (Å²) in [4.78, 5) is 11.9. The lowest BCUT2D eigenvalue weighted by Crippen LogP contribution is -2.12. The van der Waals surface area contributed by atoms with Crippen molar-refractivity contribution in [2.75, 3.05) is 11.1 Å². The average Bonchev–Trinajstić information content (AvgIpc) is 2.32. The minimum Gasteiger partial charge on any atom is -0.399 e. The van der Waals surface area contributed by atoms with Gasteiger partial charge in [-0.1, -0.05) is 0 Å². The smallest absolute Gasteiger partial charge is 0.256 e. The summed E-state index contributed by atoms with van der Waals surface area (Å²) in [5.41, 5.74) is 7.17. The molecule has 18 heavy (non-hydrogen) atoms. The van der Waals surface area contributed by atoms with E-state index < -0.39 is 5.82 Å². The first-order chi connectivity index (χ1) is 8.56. The first-order valence-electron chi connectivity index (χ1n) is 5.18. The molecule has 0 saturated carbocycles. The number of nitrogens with one attached hydrogen (secondary N) is 1. The number of hydrogen-bond acceptors (Lipinski definition) is 2. The number of halogens is 2. The molecule has 2 rings (SSSR count). The van der Waals surface area contributed by atoms with Crippen LogP contribution in [0, 0.1) is 5.82 Å². The van der Waals surface area contributed by atoms with Crippen LogP contribution in [0.3, 0.4) is 0 Å². The first-order valence-corrected chi connectivity index (χ1v) is 5.97. The molecule has 2 aromatic carbocycles. The summed E-state index contributed by atoms with van der Waals surface area (Å²) in [6.07, 6.45) is 0. The zero-order chi connectivity index (χ0) is 13.1. The third kappa shape index (κ3) is 2.87. The van der Waals surface area contributed by atoms with Gasteiger partial charge in [0.25, 0.3) is 5.91 Å². The number of nitrogens with two attached hydrogens (primary N) is 1. The molecule has 0 heterocycles. The van der Waals surface area contributed by atoms with E-state index in [1.807, 2.05) is 0 Å². The van der Waals surface area contributed by atoms with Gasteiger partial charge in [-0.2, -0.15) is 0 Å². The van der Waals surface area contributed by atoms with E-state index in [1.54, 1.807) is 24.3 Å². The molecule has 0 aromatic heterocycles. The number of rotatable bonds is 2. The van der Waals surface area contributed by atoms with Crippen LogP contribution in [-0.2, 0) is 0 Å². The zero-order valence-electron chi connectivity index (χ0n) is 9.28. The van der Waals surface area contributed by atoms with E-state index in [2.05, 4.69) is 21.2 Å². The molecule has 0 unspecified atom stereocenters. The van der Waals surface area contributed by atoms with Crippen LogP contribution in [0.4, 0.5) is 15.8 Å². The molecular formula is C13H10BrFN2O. The van der Waals surface area contributed by atoms with Gasteiger partial charge >= 0.3 is 0 Å². The van der Waals surface area contributed by atoms with Crippen LogP contribution in [0.2, 0.25) is 0 Å². The molecule has 0 aliphatic heterocycles. The molecule has 5 heteroatoms. The Balaban J connectivity index is 2.19. The molecule has 0 spiro atoms. The highest BCUT2D eigenvalue weighted by Crippen LogP contribution is 2.20. The van der Waals surface area contributed by atoms with Crippen LogP contribution in [-0.4, -0.2) is 5.91 Å². The third-order valence-corrected chi connectivity index (χ3v) is 3.00. The Morgan fingerprint density at radius 1 is 1.17 bits per heavy atom. The molecule has 0 saturated heterocycles. The van der Waals surface area contributed by atoms with Gasteiger partial charge in [-0.25, -0.2) is 4.39 Å². The number of carbonyl (C=O) groups is 1. The fourth-order valence-electron chi connectivity index (χ4n) is 1.44. The van der Waals surface area contributed by atoms with Crippen LogP contribution in [0.25, 0.3) is 0 Å². The normalized spacial score (nSPS) is 10.1. The van der Waals surface area contributed by atoms with Crippen LogP contribution in [0.5, 0.6) is 0 Å². The molecule has 1 amide bonds. The summed E-state index contributed by atoms with van der Waals surface area (Å²) in [6.45, 7) is 0. The third-order valence-electron chi connectivity index (χ3n) is 2.34. The summed E-state index contributed by atoms with van der Waals surface area (Å²) in [7, 11) is 0. The number of hydrogen-bond donors (Lipinski definition) is 2. The topological polar surface area (TPSA) is 55.1 Å². The van der Waals surface area contributed by atoms with E-state index in [0.717, 1.165) is 0 Å². The Morgan fingerprint density at radius 2 is 1.83 bits per heavy atom. The average molecular weight is 309 g/mol. The zero-order valence-corrected chi connectivity index (χ0v) is 10.9. The van der Waals surface area contributed by atoms with Gasteiger partial charge in [0.1, 0.15) is 5.82 Å². The number of amides is 1. The lowest BCUT2D eigenvalue weighted by Gasteiger charge is -2.07. The van der Waals surface area contributed by atoms with Crippen molar-refractivity contribution in [3.05, 3.63) is 58.3 Å². The van der Waals surface area contributed by atoms with E-state index >= 15 is 0 Å². The second-order valence-corrected chi connectivity index (χ2v) is 4.55. The monoisotopic (exact) mass is 308 g/mol. The minimum atomic E-state index is -0.397. The van der Waals surface area contributed by atoms with E-state index in [-0.39, 0.29) is 5.91 Å². The maximum atomic E-state index is 12.9. The van der Waals surface area contributed by atoms with E-state index in [1.165, 1.54) is 18.2 Å². The van der Waals surface area contributed by atoms with Crippen LogP contribution < -0.4 is 11.1 Å². The van der Waals surface area contributed by atoms with Gasteiger partial charge < -0.3 is 11.1 Å². The van der Waals surface area contributed by atoms with Gasteiger partial charge in [-0.15, -0.1) is 0 Å². The van der Waals surface area contributed by atoms with Crippen LogP contribution >= 0.6 is 15.9 Å². The van der Waals surface area contributed by atoms with Crippen molar-refractivity contribution in [3.63, 3.8) is 0 Å². The molecule has 3 N–H and O–H groups in total. The van der Waals surface area contributed by atoms with Crippen molar-refractivity contribution >= 4 is 33.2 Å². The quantitative estimate of drug-likeness (QED) is 0.835. The second-order valence-electron chi connectivity index (χ2n) is 3.70. The van der Waals surface area contributed by atoms with Crippen LogP contribution in [0.15, 0.2) is 46.9 Å². The second kappa shape index (κ2) is 5.18. The maximum Gasteiger partial charge on any atom is 0.256 e. The predicted molar refractivity (Wildman–Crippen MR) is 72.9 cm³/mol. The van der Waals surface area contributed by atoms with Crippen molar-refractivity contribution in [1.82, 2.24) is 0 Å². The molecule has 0 radical (unpaired) electrons. The molecule has 2 aromatic rings. The van der Waals surface area contributed by atoms with Crippen LogP contribution in [0.1, 0.15) is 10.4 Å². The van der Waals surface area contributed by atoms with Gasteiger partial charge in [0.2, 0.25) is 0 Å². The lowest BCUT2D eigenvalue weighted by atomic mass is 10.2. The number of benzene rings is 2. The largest absolute Gasteiger partial charge is 0.399 e. The van der Waals surface area contributed by atoms with Crippen molar-refractivity contribution in [2.45, 2.75) is 0 Å². The fraction of sp³-hybridized carbons (Fsp3) is 0. The Kier molecular flexibility index (Phi) is 3.62. The highest BCUT2D eigenvalue weighted by Gasteiger charge is 2.10. The highest BCUT2D eigenvalue weighted by atomic mass is 79.9. The predicted octanol–water partition coefficient (Wildman–Crippen LogP) is 3.42. The standard InChI is InChI=1S/C13H10BrFN2O/c14-12-7-8(15)1-6-11(12)13(18)17-10-4-2-9(16)3-5-10/h1-7H,16H2,(H,17,18). The van der Waals surface area contributed by atoms with Gasteiger partial charge in [0.15, 0.2) is 0 Å². The van der Waals surface area contributed by atoms with E-state index in [9.17, 15) is 9.18 Å². The van der Waals surface area contributed by atoms with Crippen molar-refractivity contribution < 1.29 is 9.18 Å². The van der Waals surface area contributed by atoms with Crippen molar-refractivity contribution in [1.29, 1.82) is 0 Å². The molecule has 0 bridgehead atoms. The lowest BCUT2D eigenvalue weighted by molar-refractivity contribution is 0.102. The number of nitrogen functional groups attached to an aromatic ring is 1. The Labute approximate surface area is 112 Å². The summed E-state index contributed by atoms with van der Waals surface area (Å²) in [5, 5.41) is 2.70. The van der Waals surface area contributed by atoms with E-state index in [4.69, 9.17) is 5.73 Å². The highest BCUT2D eigenvalue weighted by molar-refractivity contribution is 9.10. The van der Waals surface area contributed by atoms with E-state index in [0.29, 0.717) is 21.4 Å². The minimum absolute atomic E-state index is 0.313. The Hall–Kier alpha value is -1.88. The van der Waals surface area contributed by atoms with Crippen molar-refractivity contribution in [2.24, 2.45) is 0 Å². The molecule has 3 nitrogen and oxygen atoms in total. The summed E-state index contributed by atoms with van der Waals surface area (Å²) >= 11 is 3.15.